The first-order valence-electron chi connectivity index (χ1n) is 10.2. The molecule has 0 bridgehead atoms. The van der Waals surface area contributed by atoms with Crippen molar-refractivity contribution < 1.29 is 4.79 Å². The van der Waals surface area contributed by atoms with Crippen LogP contribution in [-0.2, 0) is 0 Å². The van der Waals surface area contributed by atoms with E-state index < -0.39 is 0 Å². The maximum atomic E-state index is 13.0. The first-order chi connectivity index (χ1) is 14.8. The molecule has 0 spiro atoms. The molecule has 0 radical (unpaired) electrons. The third-order valence-corrected chi connectivity index (χ3v) is 6.08. The van der Waals surface area contributed by atoms with Crippen LogP contribution in [0.25, 0.3) is 22.0 Å². The molecule has 6 nitrogen and oxygen atoms in total. The molecule has 3 N–H and O–H groups in total. The number of thioether (sulfide) groups is 1. The quantitative estimate of drug-likeness (QED) is 0.527. The van der Waals surface area contributed by atoms with Crippen LogP contribution in [0.5, 0.6) is 0 Å². The Labute approximate surface area is 179 Å². The standard InChI is InChI=1S/C23H23N5OS/c29-23(24-8-5-15-6-9-30-10-7-15)20-14-25-21-4-1-16(17-12-26-27-13-17)11-19(21)22(20)28-18-2-3-18/h1,4,6-7,9,11-14,18H,2-3,5,8,10H2,(H,24,29)(H,25,28)(H,26,27). The summed E-state index contributed by atoms with van der Waals surface area (Å²) in [6, 6.07) is 6.54. The largest absolute Gasteiger partial charge is 0.381 e. The van der Waals surface area contributed by atoms with Crippen LogP contribution >= 0.6 is 11.8 Å². The van der Waals surface area contributed by atoms with Gasteiger partial charge in [-0.25, -0.2) is 0 Å². The molecule has 1 saturated carbocycles. The molecule has 0 atom stereocenters. The van der Waals surface area contributed by atoms with Gasteiger partial charge in [-0.2, -0.15) is 5.10 Å². The molecule has 2 aliphatic rings. The second-order valence-electron chi connectivity index (χ2n) is 7.61. The predicted octanol–water partition coefficient (Wildman–Crippen LogP) is 4.51. The van der Waals surface area contributed by atoms with E-state index in [4.69, 9.17) is 0 Å². The Bertz CT molecular complexity index is 1130. The number of fused-ring (bicyclic) bond motifs is 1. The summed E-state index contributed by atoms with van der Waals surface area (Å²) in [5, 5.41) is 16.6. The molecule has 0 saturated heterocycles. The van der Waals surface area contributed by atoms with Crippen LogP contribution in [0.2, 0.25) is 0 Å². The van der Waals surface area contributed by atoms with Crippen molar-refractivity contribution in [1.82, 2.24) is 20.5 Å². The molecule has 7 heteroatoms. The van der Waals surface area contributed by atoms with Gasteiger partial charge >= 0.3 is 0 Å². The van der Waals surface area contributed by atoms with E-state index in [0.29, 0.717) is 18.2 Å². The Balaban J connectivity index is 1.43. The lowest BCUT2D eigenvalue weighted by Crippen LogP contribution is -2.26. The number of allylic oxidation sites excluding steroid dienone is 1. The highest BCUT2D eigenvalue weighted by molar-refractivity contribution is 8.02. The van der Waals surface area contributed by atoms with Crippen LogP contribution in [-0.4, -0.2) is 39.4 Å². The summed E-state index contributed by atoms with van der Waals surface area (Å²) >= 11 is 1.78. The molecule has 1 fully saturated rings. The molecular formula is C23H23N5OS. The maximum Gasteiger partial charge on any atom is 0.254 e. The van der Waals surface area contributed by atoms with Gasteiger partial charge in [0.05, 0.1) is 23.0 Å². The monoisotopic (exact) mass is 417 g/mol. The molecule has 1 amide bonds. The van der Waals surface area contributed by atoms with E-state index in [1.54, 1.807) is 24.2 Å². The van der Waals surface area contributed by atoms with Gasteiger partial charge in [-0.1, -0.05) is 18.2 Å². The summed E-state index contributed by atoms with van der Waals surface area (Å²) in [5.41, 5.74) is 5.67. The Kier molecular flexibility index (Phi) is 5.27. The fourth-order valence-electron chi connectivity index (χ4n) is 3.56. The Morgan fingerprint density at radius 2 is 2.17 bits per heavy atom. The third kappa shape index (κ3) is 4.11. The highest BCUT2D eigenvalue weighted by atomic mass is 32.2. The second-order valence-corrected chi connectivity index (χ2v) is 8.54. The minimum Gasteiger partial charge on any atom is -0.381 e. The smallest absolute Gasteiger partial charge is 0.254 e. The number of hydrogen-bond donors (Lipinski definition) is 3. The summed E-state index contributed by atoms with van der Waals surface area (Å²) in [7, 11) is 0. The second kappa shape index (κ2) is 8.36. The number of benzene rings is 1. The lowest BCUT2D eigenvalue weighted by molar-refractivity contribution is 0.0955. The van der Waals surface area contributed by atoms with Gasteiger partial charge in [-0.15, -0.1) is 11.8 Å². The van der Waals surface area contributed by atoms with Crippen molar-refractivity contribution in [3.05, 3.63) is 65.5 Å². The Morgan fingerprint density at radius 3 is 2.93 bits per heavy atom. The summed E-state index contributed by atoms with van der Waals surface area (Å²) in [4.78, 5) is 17.6. The molecule has 152 valence electrons. The number of carbonyl (C=O) groups is 1. The van der Waals surface area contributed by atoms with Crippen LogP contribution in [0, 0.1) is 0 Å². The highest BCUT2D eigenvalue weighted by Gasteiger charge is 2.25. The molecule has 3 heterocycles. The molecule has 0 unspecified atom stereocenters. The van der Waals surface area contributed by atoms with Gasteiger partial charge in [-0.3, -0.25) is 14.9 Å². The van der Waals surface area contributed by atoms with Crippen molar-refractivity contribution in [2.75, 3.05) is 17.6 Å². The van der Waals surface area contributed by atoms with Crippen molar-refractivity contribution in [2.45, 2.75) is 25.3 Å². The van der Waals surface area contributed by atoms with Crippen molar-refractivity contribution in [2.24, 2.45) is 0 Å². The fraction of sp³-hybridized carbons (Fsp3) is 0.261. The average Bonchev–Trinajstić information content (AvgIpc) is 3.43. The number of nitrogens with zero attached hydrogens (tertiary/aromatic N) is 2. The zero-order valence-corrected chi connectivity index (χ0v) is 17.3. The van der Waals surface area contributed by atoms with Crippen LogP contribution in [0.1, 0.15) is 29.6 Å². The lowest BCUT2D eigenvalue weighted by Gasteiger charge is -2.15. The zero-order valence-electron chi connectivity index (χ0n) is 16.5. The summed E-state index contributed by atoms with van der Waals surface area (Å²) in [6.45, 7) is 0.607. The number of anilines is 1. The number of rotatable bonds is 7. The van der Waals surface area contributed by atoms with Crippen molar-refractivity contribution in [3.63, 3.8) is 0 Å². The van der Waals surface area contributed by atoms with Gasteiger partial charge < -0.3 is 10.6 Å². The van der Waals surface area contributed by atoms with E-state index in [9.17, 15) is 4.79 Å². The Hall–Kier alpha value is -3.06. The van der Waals surface area contributed by atoms with Crippen LogP contribution in [0.15, 0.2) is 59.9 Å². The van der Waals surface area contributed by atoms with E-state index in [1.807, 2.05) is 18.3 Å². The van der Waals surface area contributed by atoms with E-state index in [1.165, 1.54) is 5.57 Å². The molecule has 30 heavy (non-hydrogen) atoms. The van der Waals surface area contributed by atoms with E-state index in [-0.39, 0.29) is 5.91 Å². The SMILES string of the molecule is O=C(NCCC1=CCSC=C1)c1cnc2ccc(-c3cn[nH]c3)cc2c1NC1CC1. The molecule has 1 aromatic carbocycles. The zero-order chi connectivity index (χ0) is 20.3. The molecule has 3 aromatic rings. The van der Waals surface area contributed by atoms with Gasteiger partial charge in [-0.05, 0) is 47.9 Å². The summed E-state index contributed by atoms with van der Waals surface area (Å²) < 4.78 is 0. The number of H-pyrrole nitrogens is 1. The van der Waals surface area contributed by atoms with Crippen LogP contribution in [0.3, 0.4) is 0 Å². The summed E-state index contributed by atoms with van der Waals surface area (Å²) in [6.07, 6.45) is 12.8. The minimum atomic E-state index is -0.0870. The first kappa shape index (κ1) is 18.9. The van der Waals surface area contributed by atoms with Gasteiger partial charge in [0.2, 0.25) is 0 Å². The fourth-order valence-corrected chi connectivity index (χ4v) is 4.25. The number of aromatic amines is 1. The van der Waals surface area contributed by atoms with Gasteiger partial charge in [0, 0.05) is 41.7 Å². The minimum absolute atomic E-state index is 0.0870. The lowest BCUT2D eigenvalue weighted by atomic mass is 10.0. The number of carbonyl (C=O) groups excluding carboxylic acids is 1. The van der Waals surface area contributed by atoms with Crippen LogP contribution < -0.4 is 10.6 Å². The van der Waals surface area contributed by atoms with Gasteiger partial charge in [0.15, 0.2) is 0 Å². The predicted molar refractivity (Wildman–Crippen MR) is 123 cm³/mol. The van der Waals surface area contributed by atoms with E-state index in [2.05, 4.69) is 49.4 Å². The molecule has 1 aliphatic heterocycles. The van der Waals surface area contributed by atoms with E-state index in [0.717, 1.165) is 52.7 Å². The number of aromatic nitrogens is 3. The summed E-state index contributed by atoms with van der Waals surface area (Å²) in [5.74, 6) is 0.916. The molecule has 2 aromatic heterocycles. The maximum absolute atomic E-state index is 13.0. The van der Waals surface area contributed by atoms with Gasteiger partial charge in [0.25, 0.3) is 5.91 Å². The Morgan fingerprint density at radius 1 is 1.23 bits per heavy atom. The number of nitrogens with one attached hydrogen (secondary N) is 3. The molecule has 1 aliphatic carbocycles. The highest BCUT2D eigenvalue weighted by Crippen LogP contribution is 2.34. The topological polar surface area (TPSA) is 82.7 Å². The van der Waals surface area contributed by atoms with Crippen molar-refractivity contribution in [3.8, 4) is 11.1 Å². The van der Waals surface area contributed by atoms with Crippen molar-refractivity contribution >= 4 is 34.3 Å². The first-order valence-corrected chi connectivity index (χ1v) is 11.3. The van der Waals surface area contributed by atoms with Gasteiger partial charge in [0.1, 0.15) is 0 Å². The van der Waals surface area contributed by atoms with E-state index >= 15 is 0 Å². The van der Waals surface area contributed by atoms with Crippen molar-refractivity contribution in [1.29, 1.82) is 0 Å². The van der Waals surface area contributed by atoms with Crippen LogP contribution in [0.4, 0.5) is 5.69 Å². The average molecular weight is 418 g/mol. The third-order valence-electron chi connectivity index (χ3n) is 5.39. The number of amides is 1. The molecular weight excluding hydrogens is 394 g/mol. The molecule has 5 rings (SSSR count). The normalized spacial score (nSPS) is 15.8. The number of pyridine rings is 1. The number of hydrogen-bond acceptors (Lipinski definition) is 5.